The number of hydrogen-bond donors (Lipinski definition) is 1. The number of amides is 1. The number of likely N-dealkylation sites (N-methyl/N-ethyl adjacent to an activating group) is 3. The number of hydrogen-bond acceptors (Lipinski definition) is 4. The van der Waals surface area contributed by atoms with Gasteiger partial charge in [-0.2, -0.15) is 0 Å². The molecule has 1 amide bonds. The van der Waals surface area contributed by atoms with Crippen molar-refractivity contribution in [3.8, 4) is 0 Å². The van der Waals surface area contributed by atoms with E-state index in [9.17, 15) is 4.79 Å². The van der Waals surface area contributed by atoms with Crippen LogP contribution in [-0.2, 0) is 9.53 Å². The van der Waals surface area contributed by atoms with Gasteiger partial charge in [0.15, 0.2) is 0 Å². The molecule has 0 saturated carbocycles. The lowest BCUT2D eigenvalue weighted by Crippen LogP contribution is -2.47. The molecule has 0 aromatic carbocycles. The Labute approximate surface area is 116 Å². The fourth-order valence-electron chi connectivity index (χ4n) is 3.16. The fraction of sp³-hybridized carbons (Fsp3) is 0.929. The molecule has 1 N–H and O–H groups in total. The standard InChI is InChI=1S/C14H27N3O2/c1-4-15-13-10-19-9-12(13)14(18)17(3)8-11-6-5-7-16(11)2/h11-13,15H,4-10H2,1-3H3. The summed E-state index contributed by atoms with van der Waals surface area (Å²) in [5.41, 5.74) is 0. The largest absolute Gasteiger partial charge is 0.379 e. The number of rotatable bonds is 5. The number of carbonyl (C=O) groups excluding carboxylic acids is 1. The summed E-state index contributed by atoms with van der Waals surface area (Å²) in [6.07, 6.45) is 2.45. The third-order valence-corrected chi connectivity index (χ3v) is 4.40. The molecule has 110 valence electrons. The van der Waals surface area contributed by atoms with Gasteiger partial charge in [-0.05, 0) is 33.0 Å². The van der Waals surface area contributed by atoms with Crippen molar-refractivity contribution in [1.82, 2.24) is 15.1 Å². The highest BCUT2D eigenvalue weighted by atomic mass is 16.5. The number of likely N-dealkylation sites (tertiary alicyclic amines) is 1. The molecule has 2 rings (SSSR count). The molecule has 19 heavy (non-hydrogen) atoms. The lowest BCUT2D eigenvalue weighted by Gasteiger charge is -2.29. The predicted octanol–water partition coefficient (Wildman–Crippen LogP) is 0.164. The van der Waals surface area contributed by atoms with Crippen LogP contribution in [0.3, 0.4) is 0 Å². The molecule has 0 bridgehead atoms. The number of nitrogens with zero attached hydrogens (tertiary/aromatic N) is 2. The average molecular weight is 269 g/mol. The zero-order valence-electron chi connectivity index (χ0n) is 12.4. The number of nitrogens with one attached hydrogen (secondary N) is 1. The molecule has 5 heteroatoms. The molecule has 5 nitrogen and oxygen atoms in total. The molecule has 0 aromatic heterocycles. The Morgan fingerprint density at radius 1 is 1.47 bits per heavy atom. The first-order valence-corrected chi connectivity index (χ1v) is 7.39. The van der Waals surface area contributed by atoms with Crippen molar-refractivity contribution in [2.24, 2.45) is 5.92 Å². The van der Waals surface area contributed by atoms with E-state index in [1.165, 1.54) is 12.8 Å². The Kier molecular flexibility index (Phi) is 5.19. The molecule has 2 aliphatic rings. The molecule has 3 atom stereocenters. The Morgan fingerprint density at radius 3 is 2.89 bits per heavy atom. The maximum absolute atomic E-state index is 12.5. The highest BCUT2D eigenvalue weighted by molar-refractivity contribution is 5.79. The second-order valence-corrected chi connectivity index (χ2v) is 5.80. The van der Waals surface area contributed by atoms with Gasteiger partial charge in [-0.15, -0.1) is 0 Å². The van der Waals surface area contributed by atoms with Crippen molar-refractivity contribution in [1.29, 1.82) is 0 Å². The van der Waals surface area contributed by atoms with Gasteiger partial charge in [0.1, 0.15) is 0 Å². The summed E-state index contributed by atoms with van der Waals surface area (Å²) in [6, 6.07) is 0.704. The molecule has 2 aliphatic heterocycles. The Hall–Kier alpha value is -0.650. The SMILES string of the molecule is CCNC1COCC1C(=O)N(C)CC1CCCN1C. The number of carbonyl (C=O) groups is 1. The topological polar surface area (TPSA) is 44.8 Å². The van der Waals surface area contributed by atoms with Crippen LogP contribution in [0.4, 0.5) is 0 Å². The normalized spacial score (nSPS) is 31.8. The van der Waals surface area contributed by atoms with Gasteiger partial charge in [0.05, 0.1) is 19.1 Å². The summed E-state index contributed by atoms with van der Waals surface area (Å²) in [7, 11) is 4.08. The quantitative estimate of drug-likeness (QED) is 0.772. The maximum atomic E-state index is 12.5. The first kappa shape index (κ1) is 14.8. The Balaban J connectivity index is 1.87. The number of ether oxygens (including phenoxy) is 1. The van der Waals surface area contributed by atoms with E-state index in [2.05, 4.69) is 24.2 Å². The Morgan fingerprint density at radius 2 is 2.26 bits per heavy atom. The van der Waals surface area contributed by atoms with Crippen LogP contribution in [0.5, 0.6) is 0 Å². The van der Waals surface area contributed by atoms with Crippen LogP contribution in [-0.4, -0.2) is 74.7 Å². The highest BCUT2D eigenvalue weighted by Gasteiger charge is 2.36. The van der Waals surface area contributed by atoms with Crippen molar-refractivity contribution in [2.75, 3.05) is 46.9 Å². The van der Waals surface area contributed by atoms with E-state index in [1.54, 1.807) is 0 Å². The second-order valence-electron chi connectivity index (χ2n) is 5.80. The molecule has 2 heterocycles. The molecular formula is C14H27N3O2. The van der Waals surface area contributed by atoms with E-state index in [0.717, 1.165) is 19.6 Å². The first-order chi connectivity index (χ1) is 9.13. The third-order valence-electron chi connectivity index (χ3n) is 4.40. The van der Waals surface area contributed by atoms with E-state index in [4.69, 9.17) is 4.74 Å². The minimum absolute atomic E-state index is 0.0170. The third kappa shape index (κ3) is 3.46. The van der Waals surface area contributed by atoms with E-state index >= 15 is 0 Å². The van der Waals surface area contributed by atoms with Gasteiger partial charge in [0.25, 0.3) is 0 Å². The van der Waals surface area contributed by atoms with Gasteiger partial charge in [-0.25, -0.2) is 0 Å². The van der Waals surface area contributed by atoms with Gasteiger partial charge in [0.2, 0.25) is 5.91 Å². The van der Waals surface area contributed by atoms with Crippen LogP contribution in [0.15, 0.2) is 0 Å². The molecule has 0 aromatic rings. The van der Waals surface area contributed by atoms with E-state index in [-0.39, 0.29) is 17.9 Å². The van der Waals surface area contributed by atoms with E-state index in [1.807, 2.05) is 11.9 Å². The van der Waals surface area contributed by atoms with Gasteiger partial charge in [-0.3, -0.25) is 4.79 Å². The molecule has 2 saturated heterocycles. The van der Waals surface area contributed by atoms with Crippen LogP contribution < -0.4 is 5.32 Å². The van der Waals surface area contributed by atoms with Crippen LogP contribution in [0, 0.1) is 5.92 Å². The molecule has 3 unspecified atom stereocenters. The fourth-order valence-corrected chi connectivity index (χ4v) is 3.16. The summed E-state index contributed by atoms with van der Waals surface area (Å²) in [6.45, 7) is 6.15. The lowest BCUT2D eigenvalue weighted by atomic mass is 10.0. The van der Waals surface area contributed by atoms with Crippen molar-refractivity contribution in [3.63, 3.8) is 0 Å². The average Bonchev–Trinajstić information content (AvgIpc) is 2.99. The Bertz CT molecular complexity index is 311. The zero-order chi connectivity index (χ0) is 13.8. The van der Waals surface area contributed by atoms with Crippen molar-refractivity contribution in [2.45, 2.75) is 31.8 Å². The summed E-state index contributed by atoms with van der Waals surface area (Å²) >= 11 is 0. The second kappa shape index (κ2) is 6.68. The van der Waals surface area contributed by atoms with E-state index in [0.29, 0.717) is 19.3 Å². The van der Waals surface area contributed by atoms with E-state index < -0.39 is 0 Å². The molecule has 0 spiro atoms. The smallest absolute Gasteiger partial charge is 0.229 e. The van der Waals surface area contributed by atoms with Crippen LogP contribution in [0.1, 0.15) is 19.8 Å². The first-order valence-electron chi connectivity index (χ1n) is 7.39. The summed E-state index contributed by atoms with van der Waals surface area (Å²) < 4.78 is 5.46. The summed E-state index contributed by atoms with van der Waals surface area (Å²) in [5.74, 6) is 0.209. The summed E-state index contributed by atoms with van der Waals surface area (Å²) in [5, 5.41) is 3.35. The van der Waals surface area contributed by atoms with Gasteiger partial charge < -0.3 is 19.9 Å². The minimum Gasteiger partial charge on any atom is -0.379 e. The van der Waals surface area contributed by atoms with Crippen molar-refractivity contribution in [3.05, 3.63) is 0 Å². The molecule has 0 radical (unpaired) electrons. The van der Waals surface area contributed by atoms with Gasteiger partial charge in [0, 0.05) is 25.7 Å². The van der Waals surface area contributed by atoms with Crippen molar-refractivity contribution >= 4 is 5.91 Å². The molecule has 2 fully saturated rings. The summed E-state index contributed by atoms with van der Waals surface area (Å²) in [4.78, 5) is 16.8. The van der Waals surface area contributed by atoms with Crippen LogP contribution >= 0.6 is 0 Å². The monoisotopic (exact) mass is 269 g/mol. The maximum Gasteiger partial charge on any atom is 0.229 e. The predicted molar refractivity (Wildman–Crippen MR) is 75.1 cm³/mol. The van der Waals surface area contributed by atoms with Crippen LogP contribution in [0.2, 0.25) is 0 Å². The minimum atomic E-state index is -0.0170. The zero-order valence-corrected chi connectivity index (χ0v) is 12.4. The van der Waals surface area contributed by atoms with Crippen LogP contribution in [0.25, 0.3) is 0 Å². The van der Waals surface area contributed by atoms with Gasteiger partial charge >= 0.3 is 0 Å². The lowest BCUT2D eigenvalue weighted by molar-refractivity contribution is -0.135. The van der Waals surface area contributed by atoms with Crippen molar-refractivity contribution < 1.29 is 9.53 Å². The highest BCUT2D eigenvalue weighted by Crippen LogP contribution is 2.19. The molecular weight excluding hydrogens is 242 g/mol. The van der Waals surface area contributed by atoms with Gasteiger partial charge in [-0.1, -0.05) is 6.92 Å². The molecule has 0 aliphatic carbocycles.